The molecule has 2 heterocycles. The largest absolute Gasteiger partial charge is 0.381 e. The second-order valence-electron chi connectivity index (χ2n) is 8.04. The van der Waals surface area contributed by atoms with Gasteiger partial charge in [0, 0.05) is 36.5 Å². The van der Waals surface area contributed by atoms with E-state index in [2.05, 4.69) is 5.32 Å². The predicted molar refractivity (Wildman–Crippen MR) is 132 cm³/mol. The molecule has 1 aliphatic heterocycles. The summed E-state index contributed by atoms with van der Waals surface area (Å²) >= 11 is 3.08. The molecule has 0 spiro atoms. The molecule has 0 bridgehead atoms. The molecule has 0 radical (unpaired) electrons. The Balaban J connectivity index is 1.31. The standard InChI is InChI=1S/C23H25N3O6S3/c27-21(15-26-16-34-20-4-2-1-3-19(20)26)24-11-14-33-17-5-7-18(8-6-17)35(30,31)23(22(28)25-29)9-12-32-13-10-23/h1-8,16H,9-15H2,(H2-,24,25,27,28,29)/p+1. The molecular weight excluding hydrogens is 510 g/mol. The van der Waals surface area contributed by atoms with Crippen LogP contribution in [0.2, 0.25) is 0 Å². The number of rotatable bonds is 9. The molecule has 2 amide bonds. The number of ether oxygens (including phenoxy) is 1. The van der Waals surface area contributed by atoms with Gasteiger partial charge in [-0.25, -0.2) is 13.9 Å². The molecule has 3 aromatic rings. The minimum Gasteiger partial charge on any atom is -0.381 e. The smallest absolute Gasteiger partial charge is 0.286 e. The van der Waals surface area contributed by atoms with Crippen molar-refractivity contribution >= 4 is 55.0 Å². The van der Waals surface area contributed by atoms with Gasteiger partial charge in [0.1, 0.15) is 4.70 Å². The van der Waals surface area contributed by atoms with Crippen LogP contribution < -0.4 is 15.4 Å². The molecule has 1 aromatic heterocycles. The molecule has 0 saturated carbocycles. The fraction of sp³-hybridized carbons (Fsp3) is 0.348. The van der Waals surface area contributed by atoms with Crippen LogP contribution in [-0.2, 0) is 30.7 Å². The van der Waals surface area contributed by atoms with Gasteiger partial charge in [0.15, 0.2) is 14.6 Å². The fourth-order valence-electron chi connectivity index (χ4n) is 4.03. The molecule has 12 heteroatoms. The highest BCUT2D eigenvalue weighted by molar-refractivity contribution is 7.99. The number of hydroxylamine groups is 1. The highest BCUT2D eigenvalue weighted by atomic mass is 32.2. The number of nitrogens with one attached hydrogen (secondary N) is 2. The van der Waals surface area contributed by atoms with Crippen LogP contribution in [0.3, 0.4) is 0 Å². The molecule has 2 aromatic carbocycles. The van der Waals surface area contributed by atoms with Crippen LogP contribution in [0, 0.1) is 0 Å². The van der Waals surface area contributed by atoms with Crippen LogP contribution in [0.25, 0.3) is 10.2 Å². The average molecular weight is 537 g/mol. The number of hydrogen-bond donors (Lipinski definition) is 3. The van der Waals surface area contributed by atoms with E-state index in [-0.39, 0.29) is 43.4 Å². The molecule has 1 saturated heterocycles. The van der Waals surface area contributed by atoms with Crippen LogP contribution in [0.4, 0.5) is 0 Å². The van der Waals surface area contributed by atoms with Crippen LogP contribution >= 0.6 is 23.1 Å². The van der Waals surface area contributed by atoms with E-state index in [1.807, 2.05) is 34.3 Å². The molecule has 4 rings (SSSR count). The summed E-state index contributed by atoms with van der Waals surface area (Å²) in [5, 5.41) is 12.1. The van der Waals surface area contributed by atoms with Crippen molar-refractivity contribution in [1.29, 1.82) is 0 Å². The van der Waals surface area contributed by atoms with E-state index in [0.717, 1.165) is 15.1 Å². The third-order valence-corrected chi connectivity index (χ3v) is 10.4. The first kappa shape index (κ1) is 25.6. The van der Waals surface area contributed by atoms with E-state index < -0.39 is 20.5 Å². The van der Waals surface area contributed by atoms with E-state index >= 15 is 0 Å². The lowest BCUT2D eigenvalue weighted by atomic mass is 9.98. The number of carbonyl (C=O) groups excluding carboxylic acids is 2. The van der Waals surface area contributed by atoms with E-state index in [0.29, 0.717) is 12.3 Å². The maximum Gasteiger partial charge on any atom is 0.286 e. The second kappa shape index (κ2) is 11.0. The number of sulfone groups is 1. The van der Waals surface area contributed by atoms with Crippen molar-refractivity contribution in [2.45, 2.75) is 33.9 Å². The summed E-state index contributed by atoms with van der Waals surface area (Å²) in [5.74, 6) is -0.408. The maximum absolute atomic E-state index is 13.3. The molecule has 35 heavy (non-hydrogen) atoms. The zero-order valence-corrected chi connectivity index (χ0v) is 21.3. The van der Waals surface area contributed by atoms with Crippen molar-refractivity contribution < 1.29 is 32.5 Å². The van der Waals surface area contributed by atoms with E-state index in [1.165, 1.54) is 29.4 Å². The molecule has 0 aliphatic carbocycles. The first-order chi connectivity index (χ1) is 16.9. The van der Waals surface area contributed by atoms with Crippen molar-refractivity contribution in [3.05, 3.63) is 54.0 Å². The van der Waals surface area contributed by atoms with Crippen molar-refractivity contribution in [2.75, 3.05) is 25.5 Å². The number of carbonyl (C=O) groups is 2. The summed E-state index contributed by atoms with van der Waals surface area (Å²) in [6.45, 7) is 0.947. The van der Waals surface area contributed by atoms with Crippen LogP contribution in [0.5, 0.6) is 0 Å². The topological polar surface area (TPSA) is 126 Å². The van der Waals surface area contributed by atoms with Gasteiger partial charge in [-0.05, 0) is 43.2 Å². The van der Waals surface area contributed by atoms with Gasteiger partial charge in [-0.2, -0.15) is 4.57 Å². The maximum atomic E-state index is 13.3. The summed E-state index contributed by atoms with van der Waals surface area (Å²) in [6.07, 6.45) is -0.0607. The van der Waals surface area contributed by atoms with E-state index in [4.69, 9.17) is 9.94 Å². The van der Waals surface area contributed by atoms with E-state index in [9.17, 15) is 18.0 Å². The molecule has 0 atom stereocenters. The van der Waals surface area contributed by atoms with Crippen LogP contribution in [0.1, 0.15) is 12.8 Å². The Morgan fingerprint density at radius 3 is 2.54 bits per heavy atom. The normalized spacial score (nSPS) is 15.6. The molecule has 9 nitrogen and oxygen atoms in total. The lowest BCUT2D eigenvalue weighted by Crippen LogP contribution is -2.54. The number of thiazole rings is 1. The van der Waals surface area contributed by atoms with Gasteiger partial charge in [0.2, 0.25) is 17.6 Å². The quantitative estimate of drug-likeness (QED) is 0.125. The van der Waals surface area contributed by atoms with Crippen molar-refractivity contribution in [3.63, 3.8) is 0 Å². The Hall–Kier alpha value is -2.51. The zero-order chi connectivity index (χ0) is 24.9. The average Bonchev–Trinajstić information content (AvgIpc) is 3.29. The second-order valence-corrected chi connectivity index (χ2v) is 12.4. The van der Waals surface area contributed by atoms with Gasteiger partial charge in [-0.15, -0.1) is 11.8 Å². The summed E-state index contributed by atoms with van der Waals surface area (Å²) in [6, 6.07) is 14.2. The third kappa shape index (κ3) is 5.36. The van der Waals surface area contributed by atoms with Gasteiger partial charge in [0.05, 0.1) is 4.90 Å². The lowest BCUT2D eigenvalue weighted by molar-refractivity contribution is -0.654. The Bertz CT molecular complexity index is 1300. The minimum absolute atomic E-state index is 0.0145. The van der Waals surface area contributed by atoms with E-state index in [1.54, 1.807) is 23.5 Å². The molecule has 0 unspecified atom stereocenters. The molecular formula is C23H26N3O6S3+. The summed E-state index contributed by atoms with van der Waals surface area (Å²) < 4.78 is 33.1. The Morgan fingerprint density at radius 1 is 1.11 bits per heavy atom. The van der Waals surface area contributed by atoms with Crippen molar-refractivity contribution in [1.82, 2.24) is 10.8 Å². The van der Waals surface area contributed by atoms with Crippen LogP contribution in [0.15, 0.2) is 63.8 Å². The SMILES string of the molecule is O=C(C[n+]1csc2ccccc21)NCCSc1ccc(S(=O)(=O)C2(C(=O)NO)CCOCC2)cc1. The summed E-state index contributed by atoms with van der Waals surface area (Å²) in [5.41, 5.74) is 4.47. The molecule has 1 aliphatic rings. The Morgan fingerprint density at radius 2 is 1.83 bits per heavy atom. The number of benzene rings is 2. The molecule has 1 fully saturated rings. The first-order valence-electron chi connectivity index (χ1n) is 11.0. The number of thioether (sulfide) groups is 1. The van der Waals surface area contributed by atoms with Gasteiger partial charge in [-0.1, -0.05) is 23.5 Å². The Labute approximate surface area is 211 Å². The molecule has 186 valence electrons. The lowest BCUT2D eigenvalue weighted by Gasteiger charge is -2.34. The number of hydrogen-bond acceptors (Lipinski definition) is 8. The van der Waals surface area contributed by atoms with Gasteiger partial charge in [-0.3, -0.25) is 14.8 Å². The van der Waals surface area contributed by atoms with Crippen molar-refractivity contribution in [3.8, 4) is 0 Å². The number of fused-ring (bicyclic) bond motifs is 1. The predicted octanol–water partition coefficient (Wildman–Crippen LogP) is 1.93. The number of aromatic nitrogens is 1. The highest BCUT2D eigenvalue weighted by Gasteiger charge is 2.52. The van der Waals surface area contributed by atoms with Crippen LogP contribution in [-0.4, -0.2) is 55.7 Å². The highest BCUT2D eigenvalue weighted by Crippen LogP contribution is 2.35. The first-order valence-corrected chi connectivity index (χ1v) is 14.3. The van der Waals surface area contributed by atoms with Gasteiger partial charge < -0.3 is 10.1 Å². The summed E-state index contributed by atoms with van der Waals surface area (Å²) in [4.78, 5) is 25.5. The van der Waals surface area contributed by atoms with Gasteiger partial charge in [0.25, 0.3) is 11.8 Å². The summed E-state index contributed by atoms with van der Waals surface area (Å²) in [7, 11) is -4.05. The number of amides is 2. The molecule has 3 N–H and O–H groups in total. The monoisotopic (exact) mass is 536 g/mol. The fourth-order valence-corrected chi connectivity index (χ4v) is 7.62. The Kier molecular flexibility index (Phi) is 8.07. The van der Waals surface area contributed by atoms with Crippen molar-refractivity contribution in [2.24, 2.45) is 0 Å². The van der Waals surface area contributed by atoms with Gasteiger partial charge >= 0.3 is 0 Å². The third-order valence-electron chi connectivity index (χ3n) is 5.95. The minimum atomic E-state index is -4.05. The number of para-hydroxylation sites is 1. The zero-order valence-electron chi connectivity index (χ0n) is 18.8. The number of nitrogens with zero attached hydrogens (tertiary/aromatic N) is 1.